The van der Waals surface area contributed by atoms with Crippen molar-refractivity contribution in [3.05, 3.63) is 12.7 Å². The Hall–Kier alpha value is -0.830. The maximum absolute atomic E-state index is 10.9. The lowest BCUT2D eigenvalue weighted by atomic mass is 10.1. The summed E-state index contributed by atoms with van der Waals surface area (Å²) in [5.41, 5.74) is 0. The Morgan fingerprint density at radius 2 is 2.25 bits per heavy atom. The van der Waals surface area contributed by atoms with Gasteiger partial charge in [0.05, 0.1) is 12.5 Å². The highest BCUT2D eigenvalue weighted by Gasteiger charge is 2.14. The van der Waals surface area contributed by atoms with Gasteiger partial charge in [-0.2, -0.15) is 0 Å². The van der Waals surface area contributed by atoms with Crippen molar-refractivity contribution in [2.75, 3.05) is 6.61 Å². The average Bonchev–Trinajstić information content (AvgIpc) is 2.00. The zero-order valence-electron chi connectivity index (χ0n) is 7.62. The topological polar surface area (TPSA) is 46.5 Å². The first-order valence-corrected chi connectivity index (χ1v) is 4.02. The highest BCUT2D eigenvalue weighted by molar-refractivity contribution is 5.70. The van der Waals surface area contributed by atoms with Crippen LogP contribution in [0.1, 0.15) is 20.3 Å². The van der Waals surface area contributed by atoms with E-state index in [1.54, 1.807) is 0 Å². The summed E-state index contributed by atoms with van der Waals surface area (Å²) in [4.78, 5) is 10.9. The van der Waals surface area contributed by atoms with Gasteiger partial charge in [0, 0.05) is 0 Å². The van der Waals surface area contributed by atoms with E-state index in [1.165, 1.54) is 6.08 Å². The van der Waals surface area contributed by atoms with Crippen molar-refractivity contribution >= 4 is 5.97 Å². The standard InChI is InChI=1S/C9H16O3/c1-4-5-12-9(11)6-8(10)7(2)3/h4,7-8,10H,1,5-6H2,2-3H3/t8-/m1/s1. The first-order valence-electron chi connectivity index (χ1n) is 4.02. The van der Waals surface area contributed by atoms with E-state index in [0.29, 0.717) is 0 Å². The van der Waals surface area contributed by atoms with Crippen LogP contribution in [0.15, 0.2) is 12.7 Å². The SMILES string of the molecule is C=CCOC(=O)C[C@@H](O)C(C)C. The minimum absolute atomic E-state index is 0.0610. The number of rotatable bonds is 5. The van der Waals surface area contributed by atoms with Crippen molar-refractivity contribution in [1.29, 1.82) is 0 Å². The van der Waals surface area contributed by atoms with Gasteiger partial charge in [-0.3, -0.25) is 4.79 Å². The summed E-state index contributed by atoms with van der Waals surface area (Å²) in [7, 11) is 0. The Bertz CT molecular complexity index is 152. The van der Waals surface area contributed by atoms with E-state index in [0.717, 1.165) is 0 Å². The fraction of sp³-hybridized carbons (Fsp3) is 0.667. The van der Waals surface area contributed by atoms with Gasteiger partial charge in [0.15, 0.2) is 0 Å². The third-order valence-electron chi connectivity index (χ3n) is 1.51. The van der Waals surface area contributed by atoms with Gasteiger partial charge in [-0.05, 0) is 5.92 Å². The molecule has 0 aliphatic heterocycles. The van der Waals surface area contributed by atoms with E-state index in [4.69, 9.17) is 4.74 Å². The van der Waals surface area contributed by atoms with Crippen molar-refractivity contribution in [2.45, 2.75) is 26.4 Å². The summed E-state index contributed by atoms with van der Waals surface area (Å²) < 4.78 is 4.70. The third kappa shape index (κ3) is 4.91. The Morgan fingerprint density at radius 1 is 1.67 bits per heavy atom. The predicted octanol–water partition coefficient (Wildman–Crippen LogP) is 1.12. The van der Waals surface area contributed by atoms with Crippen LogP contribution in [-0.4, -0.2) is 23.8 Å². The Kier molecular flexibility index (Phi) is 5.37. The fourth-order valence-corrected chi connectivity index (χ4v) is 0.617. The van der Waals surface area contributed by atoms with Gasteiger partial charge in [-0.25, -0.2) is 0 Å². The molecule has 0 aromatic heterocycles. The number of ether oxygens (including phenoxy) is 1. The van der Waals surface area contributed by atoms with Crippen LogP contribution in [-0.2, 0) is 9.53 Å². The van der Waals surface area contributed by atoms with E-state index < -0.39 is 6.10 Å². The zero-order chi connectivity index (χ0) is 9.56. The molecule has 0 saturated carbocycles. The van der Waals surface area contributed by atoms with E-state index in [9.17, 15) is 9.90 Å². The fourth-order valence-electron chi connectivity index (χ4n) is 0.617. The quantitative estimate of drug-likeness (QED) is 0.499. The van der Waals surface area contributed by atoms with Crippen LogP contribution < -0.4 is 0 Å². The van der Waals surface area contributed by atoms with Gasteiger partial charge in [-0.1, -0.05) is 26.5 Å². The van der Waals surface area contributed by atoms with Crippen LogP contribution in [0.3, 0.4) is 0 Å². The number of esters is 1. The lowest BCUT2D eigenvalue weighted by molar-refractivity contribution is -0.145. The minimum atomic E-state index is -0.609. The molecule has 0 unspecified atom stereocenters. The molecule has 0 aromatic carbocycles. The van der Waals surface area contributed by atoms with Gasteiger partial charge in [0.1, 0.15) is 6.61 Å². The third-order valence-corrected chi connectivity index (χ3v) is 1.51. The molecule has 0 bridgehead atoms. The van der Waals surface area contributed by atoms with Crippen LogP contribution in [0.5, 0.6) is 0 Å². The molecule has 0 amide bonds. The lowest BCUT2D eigenvalue weighted by Crippen LogP contribution is -2.20. The monoisotopic (exact) mass is 172 g/mol. The summed E-state index contributed by atoms with van der Waals surface area (Å²) in [5, 5.41) is 9.27. The summed E-state index contributed by atoms with van der Waals surface area (Å²) in [6.07, 6.45) is 0.952. The molecular formula is C9H16O3. The van der Waals surface area contributed by atoms with Crippen molar-refractivity contribution in [3.8, 4) is 0 Å². The second-order valence-corrected chi connectivity index (χ2v) is 2.99. The molecule has 0 spiro atoms. The molecule has 0 aliphatic rings. The van der Waals surface area contributed by atoms with Gasteiger partial charge >= 0.3 is 5.97 Å². The first-order chi connectivity index (χ1) is 5.57. The summed E-state index contributed by atoms with van der Waals surface area (Å²) in [6.45, 7) is 7.32. The Balaban J connectivity index is 3.61. The Labute approximate surface area is 73.0 Å². The molecule has 0 heterocycles. The summed E-state index contributed by atoms with van der Waals surface area (Å²) >= 11 is 0. The number of carbonyl (C=O) groups excluding carboxylic acids is 1. The van der Waals surface area contributed by atoms with Crippen LogP contribution >= 0.6 is 0 Å². The van der Waals surface area contributed by atoms with Gasteiger partial charge in [-0.15, -0.1) is 0 Å². The number of hydrogen-bond acceptors (Lipinski definition) is 3. The smallest absolute Gasteiger partial charge is 0.308 e. The lowest BCUT2D eigenvalue weighted by Gasteiger charge is -2.12. The molecular weight excluding hydrogens is 156 g/mol. The summed E-state index contributed by atoms with van der Waals surface area (Å²) in [5.74, 6) is -0.294. The number of carbonyl (C=O) groups is 1. The molecule has 1 N–H and O–H groups in total. The van der Waals surface area contributed by atoms with Crippen LogP contribution in [0.2, 0.25) is 0 Å². The zero-order valence-corrected chi connectivity index (χ0v) is 7.62. The normalized spacial score (nSPS) is 12.7. The molecule has 0 rings (SSSR count). The second kappa shape index (κ2) is 5.77. The first kappa shape index (κ1) is 11.2. The minimum Gasteiger partial charge on any atom is -0.461 e. The van der Waals surface area contributed by atoms with Crippen LogP contribution in [0.25, 0.3) is 0 Å². The molecule has 70 valence electrons. The molecule has 0 aromatic rings. The highest BCUT2D eigenvalue weighted by atomic mass is 16.5. The van der Waals surface area contributed by atoms with Crippen LogP contribution in [0, 0.1) is 5.92 Å². The van der Waals surface area contributed by atoms with Crippen molar-refractivity contribution in [1.82, 2.24) is 0 Å². The van der Waals surface area contributed by atoms with Gasteiger partial charge in [0.25, 0.3) is 0 Å². The van der Waals surface area contributed by atoms with E-state index >= 15 is 0 Å². The largest absolute Gasteiger partial charge is 0.461 e. The Morgan fingerprint density at radius 3 is 2.67 bits per heavy atom. The number of hydrogen-bond donors (Lipinski definition) is 1. The number of aliphatic hydroxyl groups is 1. The van der Waals surface area contributed by atoms with Crippen molar-refractivity contribution in [3.63, 3.8) is 0 Å². The molecule has 3 nitrogen and oxygen atoms in total. The molecule has 0 fully saturated rings. The van der Waals surface area contributed by atoms with E-state index in [2.05, 4.69) is 6.58 Å². The van der Waals surface area contributed by atoms with Crippen LogP contribution in [0.4, 0.5) is 0 Å². The maximum atomic E-state index is 10.9. The highest BCUT2D eigenvalue weighted by Crippen LogP contribution is 2.05. The van der Waals surface area contributed by atoms with Crippen molar-refractivity contribution < 1.29 is 14.6 Å². The second-order valence-electron chi connectivity index (χ2n) is 2.99. The van der Waals surface area contributed by atoms with E-state index in [1.807, 2.05) is 13.8 Å². The maximum Gasteiger partial charge on any atom is 0.308 e. The summed E-state index contributed by atoms with van der Waals surface area (Å²) in [6, 6.07) is 0. The molecule has 3 heteroatoms. The van der Waals surface area contributed by atoms with Gasteiger partial charge in [0.2, 0.25) is 0 Å². The molecule has 0 aliphatic carbocycles. The molecule has 0 saturated heterocycles. The number of aliphatic hydroxyl groups excluding tert-OH is 1. The van der Waals surface area contributed by atoms with Crippen molar-refractivity contribution in [2.24, 2.45) is 5.92 Å². The molecule has 0 radical (unpaired) electrons. The average molecular weight is 172 g/mol. The van der Waals surface area contributed by atoms with Gasteiger partial charge < -0.3 is 9.84 Å². The van der Waals surface area contributed by atoms with E-state index in [-0.39, 0.29) is 24.9 Å². The molecule has 1 atom stereocenters. The molecule has 12 heavy (non-hydrogen) atoms. The predicted molar refractivity (Wildman–Crippen MR) is 46.6 cm³/mol.